The van der Waals surface area contributed by atoms with Gasteiger partial charge in [0.05, 0.1) is 5.39 Å². The van der Waals surface area contributed by atoms with E-state index >= 15 is 0 Å². The molecular weight excluding hydrogens is 346 g/mol. The van der Waals surface area contributed by atoms with Crippen molar-refractivity contribution in [3.05, 3.63) is 41.0 Å². The van der Waals surface area contributed by atoms with E-state index in [1.165, 1.54) is 27.6 Å². The summed E-state index contributed by atoms with van der Waals surface area (Å²) in [5.74, 6) is 1.05. The number of fused-ring (bicyclic) bond motifs is 1. The fraction of sp³-hybridized carbons (Fsp3) is 0.400. The number of hydrogen-bond acceptors (Lipinski definition) is 5. The molecule has 3 aromatic rings. The number of nitrogens with zero attached hydrogens (tertiary/aromatic N) is 3. The van der Waals surface area contributed by atoms with Gasteiger partial charge in [-0.05, 0) is 38.1 Å². The summed E-state index contributed by atoms with van der Waals surface area (Å²) in [5.41, 5.74) is 5.16. The van der Waals surface area contributed by atoms with Crippen LogP contribution in [-0.4, -0.2) is 40.3 Å². The first-order valence-electron chi connectivity index (χ1n) is 8.79. The number of benzene rings is 1. The van der Waals surface area contributed by atoms with E-state index in [1.807, 2.05) is 11.8 Å². The van der Waals surface area contributed by atoms with E-state index in [0.717, 1.165) is 35.2 Å². The van der Waals surface area contributed by atoms with Gasteiger partial charge in [-0.3, -0.25) is 0 Å². The Morgan fingerprint density at radius 2 is 1.88 bits per heavy atom. The van der Waals surface area contributed by atoms with E-state index in [9.17, 15) is 0 Å². The van der Waals surface area contributed by atoms with E-state index < -0.39 is 0 Å². The van der Waals surface area contributed by atoms with Crippen LogP contribution in [0.3, 0.4) is 0 Å². The molecule has 132 valence electrons. The summed E-state index contributed by atoms with van der Waals surface area (Å²) in [7, 11) is 0. The summed E-state index contributed by atoms with van der Waals surface area (Å²) in [6.07, 6.45) is 1.70. The Hall–Kier alpha value is -1.43. The highest BCUT2D eigenvalue weighted by atomic mass is 32.2. The number of thioether (sulfide) groups is 1. The van der Waals surface area contributed by atoms with Crippen molar-refractivity contribution in [1.29, 1.82) is 0 Å². The Kier molecular flexibility index (Phi) is 6.10. The number of aryl methyl sites for hydroxylation is 2. The SMILES string of the molecule is CCN(CC)CCSc1ncnc2scc(-c3ccc(C)cc3C)c12. The van der Waals surface area contributed by atoms with Crippen molar-refractivity contribution in [2.24, 2.45) is 0 Å². The molecule has 0 N–H and O–H groups in total. The predicted octanol–water partition coefficient (Wildman–Crippen LogP) is 5.41. The van der Waals surface area contributed by atoms with Crippen molar-refractivity contribution in [3.8, 4) is 11.1 Å². The van der Waals surface area contributed by atoms with Crippen LogP contribution in [0.4, 0.5) is 0 Å². The lowest BCUT2D eigenvalue weighted by molar-refractivity contribution is 0.324. The summed E-state index contributed by atoms with van der Waals surface area (Å²) in [5, 5.41) is 4.54. The first-order valence-corrected chi connectivity index (χ1v) is 10.7. The highest BCUT2D eigenvalue weighted by molar-refractivity contribution is 7.99. The molecule has 0 amide bonds. The van der Waals surface area contributed by atoms with Crippen molar-refractivity contribution >= 4 is 33.3 Å². The van der Waals surface area contributed by atoms with Crippen LogP contribution in [0.5, 0.6) is 0 Å². The minimum atomic E-state index is 1.05. The highest BCUT2D eigenvalue weighted by Crippen LogP contribution is 2.39. The Bertz CT molecular complexity index is 853. The van der Waals surface area contributed by atoms with E-state index in [4.69, 9.17) is 0 Å². The molecule has 5 heteroatoms. The average molecular weight is 372 g/mol. The van der Waals surface area contributed by atoms with Gasteiger partial charge in [0.2, 0.25) is 0 Å². The molecule has 3 nitrogen and oxygen atoms in total. The van der Waals surface area contributed by atoms with Crippen LogP contribution in [-0.2, 0) is 0 Å². The molecule has 0 saturated heterocycles. The van der Waals surface area contributed by atoms with Crippen LogP contribution in [0.1, 0.15) is 25.0 Å². The Morgan fingerprint density at radius 3 is 2.60 bits per heavy atom. The van der Waals surface area contributed by atoms with Crippen molar-refractivity contribution in [1.82, 2.24) is 14.9 Å². The molecule has 0 aliphatic heterocycles. The molecule has 3 rings (SSSR count). The van der Waals surface area contributed by atoms with E-state index in [1.54, 1.807) is 17.7 Å². The van der Waals surface area contributed by atoms with Crippen molar-refractivity contribution in [3.63, 3.8) is 0 Å². The van der Waals surface area contributed by atoms with E-state index in [2.05, 4.69) is 66.1 Å². The Labute approximate surface area is 158 Å². The Balaban J connectivity index is 1.93. The lowest BCUT2D eigenvalue weighted by Gasteiger charge is -2.17. The van der Waals surface area contributed by atoms with Gasteiger partial charge in [-0.1, -0.05) is 37.6 Å². The molecule has 2 aromatic heterocycles. The normalized spacial score (nSPS) is 11.6. The van der Waals surface area contributed by atoms with Crippen molar-refractivity contribution in [2.75, 3.05) is 25.4 Å². The molecular formula is C20H25N3S2. The lowest BCUT2D eigenvalue weighted by atomic mass is 9.99. The lowest BCUT2D eigenvalue weighted by Crippen LogP contribution is -2.25. The molecule has 0 aliphatic rings. The van der Waals surface area contributed by atoms with Crippen LogP contribution in [0.15, 0.2) is 34.9 Å². The third-order valence-corrected chi connectivity index (χ3v) is 6.40. The largest absolute Gasteiger partial charge is 0.303 e. The topological polar surface area (TPSA) is 29.0 Å². The first-order chi connectivity index (χ1) is 12.1. The molecule has 0 atom stereocenters. The zero-order chi connectivity index (χ0) is 17.8. The standard InChI is InChI=1S/C20H25N3S2/c1-5-23(6-2)9-10-24-19-18-17(12-25-20(18)22-13-21-19)16-8-7-14(3)11-15(16)4/h7-8,11-13H,5-6,9-10H2,1-4H3. The van der Waals surface area contributed by atoms with Crippen LogP contribution in [0.25, 0.3) is 21.3 Å². The van der Waals surface area contributed by atoms with Crippen molar-refractivity contribution < 1.29 is 0 Å². The Morgan fingerprint density at radius 1 is 1.08 bits per heavy atom. The average Bonchev–Trinajstić information content (AvgIpc) is 3.03. The van der Waals surface area contributed by atoms with Gasteiger partial charge in [-0.2, -0.15) is 0 Å². The number of aromatic nitrogens is 2. The van der Waals surface area contributed by atoms with Crippen LogP contribution >= 0.6 is 23.1 Å². The molecule has 1 aromatic carbocycles. The van der Waals surface area contributed by atoms with Crippen LogP contribution in [0.2, 0.25) is 0 Å². The third-order valence-electron chi connectivity index (χ3n) is 4.55. The van der Waals surface area contributed by atoms with E-state index in [-0.39, 0.29) is 0 Å². The summed E-state index contributed by atoms with van der Waals surface area (Å²) < 4.78 is 0. The maximum absolute atomic E-state index is 4.60. The second-order valence-corrected chi connectivity index (χ2v) is 8.14. The predicted molar refractivity (Wildman–Crippen MR) is 111 cm³/mol. The van der Waals surface area contributed by atoms with Crippen LogP contribution in [0, 0.1) is 13.8 Å². The molecule has 0 unspecified atom stereocenters. The fourth-order valence-corrected chi connectivity index (χ4v) is 5.07. The summed E-state index contributed by atoms with van der Waals surface area (Å²) in [4.78, 5) is 12.6. The zero-order valence-corrected chi connectivity index (χ0v) is 17.0. The molecule has 2 heterocycles. The summed E-state index contributed by atoms with van der Waals surface area (Å²) >= 11 is 3.56. The van der Waals surface area contributed by atoms with Gasteiger partial charge < -0.3 is 4.90 Å². The third kappa shape index (κ3) is 4.05. The zero-order valence-electron chi connectivity index (χ0n) is 15.4. The monoisotopic (exact) mass is 371 g/mol. The highest BCUT2D eigenvalue weighted by Gasteiger charge is 2.15. The molecule has 0 radical (unpaired) electrons. The van der Waals surface area contributed by atoms with Crippen molar-refractivity contribution in [2.45, 2.75) is 32.7 Å². The number of hydrogen-bond donors (Lipinski definition) is 0. The molecule has 25 heavy (non-hydrogen) atoms. The van der Waals surface area contributed by atoms with Crippen LogP contribution < -0.4 is 0 Å². The van der Waals surface area contributed by atoms with Gasteiger partial charge in [-0.25, -0.2) is 9.97 Å². The molecule has 0 aliphatic carbocycles. The molecule has 0 saturated carbocycles. The second kappa shape index (κ2) is 8.30. The minimum Gasteiger partial charge on any atom is -0.303 e. The van der Waals surface area contributed by atoms with Gasteiger partial charge in [0, 0.05) is 23.2 Å². The smallest absolute Gasteiger partial charge is 0.128 e. The van der Waals surface area contributed by atoms with Gasteiger partial charge in [0.25, 0.3) is 0 Å². The van der Waals surface area contributed by atoms with Gasteiger partial charge in [0.1, 0.15) is 16.2 Å². The number of rotatable bonds is 7. The second-order valence-electron chi connectivity index (χ2n) is 6.20. The van der Waals surface area contributed by atoms with Gasteiger partial charge in [-0.15, -0.1) is 23.1 Å². The molecule has 0 fully saturated rings. The fourth-order valence-electron chi connectivity index (χ4n) is 3.08. The summed E-state index contributed by atoms with van der Waals surface area (Å²) in [6, 6.07) is 6.65. The maximum Gasteiger partial charge on any atom is 0.128 e. The first kappa shape index (κ1) is 18.4. The minimum absolute atomic E-state index is 1.05. The molecule has 0 spiro atoms. The van der Waals surface area contributed by atoms with Gasteiger partial charge >= 0.3 is 0 Å². The quantitative estimate of drug-likeness (QED) is 0.410. The van der Waals surface area contributed by atoms with E-state index in [0.29, 0.717) is 0 Å². The molecule has 0 bridgehead atoms. The van der Waals surface area contributed by atoms with Gasteiger partial charge in [0.15, 0.2) is 0 Å². The summed E-state index contributed by atoms with van der Waals surface area (Å²) in [6.45, 7) is 12.0. The maximum atomic E-state index is 4.60. The number of thiophene rings is 1.